The molecule has 0 atom stereocenters. The highest BCUT2D eigenvalue weighted by atomic mass is 15.1. The predicted molar refractivity (Wildman–Crippen MR) is 63.4 cm³/mol. The Kier molecular flexibility index (Phi) is 3.01. The lowest BCUT2D eigenvalue weighted by atomic mass is 10.2. The van der Waals surface area contributed by atoms with E-state index in [0.29, 0.717) is 6.54 Å². The number of pyridine rings is 1. The first-order chi connectivity index (χ1) is 7.74. The third kappa shape index (κ3) is 1.97. The van der Waals surface area contributed by atoms with E-state index in [0.717, 1.165) is 29.3 Å². The van der Waals surface area contributed by atoms with E-state index in [1.54, 1.807) is 6.20 Å². The Balaban J connectivity index is 2.52. The van der Waals surface area contributed by atoms with Gasteiger partial charge in [0.1, 0.15) is 11.6 Å². The molecule has 84 valence electrons. The maximum atomic E-state index is 5.68. The minimum Gasteiger partial charge on any atom is -0.326 e. The minimum atomic E-state index is 0.538. The Hall–Kier alpha value is -1.68. The fourth-order valence-corrected chi connectivity index (χ4v) is 1.68. The zero-order chi connectivity index (χ0) is 11.5. The summed E-state index contributed by atoms with van der Waals surface area (Å²) in [4.78, 5) is 8.77. The van der Waals surface area contributed by atoms with Crippen molar-refractivity contribution in [2.24, 2.45) is 5.73 Å². The van der Waals surface area contributed by atoms with E-state index in [9.17, 15) is 0 Å². The molecular formula is C12H16N4. The molecule has 2 N–H and O–H groups in total. The second-order valence-electron chi connectivity index (χ2n) is 3.73. The van der Waals surface area contributed by atoms with E-state index in [4.69, 9.17) is 5.73 Å². The summed E-state index contributed by atoms with van der Waals surface area (Å²) in [5.41, 5.74) is 7.85. The maximum Gasteiger partial charge on any atom is 0.138 e. The average molecular weight is 216 g/mol. The lowest BCUT2D eigenvalue weighted by Gasteiger charge is -2.08. The molecule has 0 aliphatic carbocycles. The monoisotopic (exact) mass is 216 g/mol. The van der Waals surface area contributed by atoms with E-state index in [-0.39, 0.29) is 0 Å². The van der Waals surface area contributed by atoms with Gasteiger partial charge in [0, 0.05) is 24.6 Å². The third-order valence-corrected chi connectivity index (χ3v) is 2.60. The van der Waals surface area contributed by atoms with Crippen LogP contribution in [-0.2, 0) is 13.0 Å². The van der Waals surface area contributed by atoms with Gasteiger partial charge in [-0.2, -0.15) is 0 Å². The highest BCUT2D eigenvalue weighted by molar-refractivity contribution is 5.32. The predicted octanol–water partition coefficient (Wildman–Crippen LogP) is 1.60. The number of nitrogens with two attached hydrogens (primary N) is 1. The molecule has 2 aromatic heterocycles. The van der Waals surface area contributed by atoms with E-state index in [1.807, 2.05) is 23.8 Å². The summed E-state index contributed by atoms with van der Waals surface area (Å²) in [6.07, 6.45) is 4.60. The van der Waals surface area contributed by atoms with Crippen molar-refractivity contribution in [1.82, 2.24) is 14.5 Å². The third-order valence-electron chi connectivity index (χ3n) is 2.60. The average Bonchev–Trinajstić information content (AvgIpc) is 2.74. The molecule has 0 saturated carbocycles. The highest BCUT2D eigenvalue weighted by Crippen LogP contribution is 2.12. The Bertz CT molecular complexity index is 465. The zero-order valence-corrected chi connectivity index (χ0v) is 9.64. The first-order valence-electron chi connectivity index (χ1n) is 5.44. The van der Waals surface area contributed by atoms with E-state index >= 15 is 0 Å². The summed E-state index contributed by atoms with van der Waals surface area (Å²) in [6.45, 7) is 4.59. The lowest BCUT2D eigenvalue weighted by Crippen LogP contribution is -2.05. The van der Waals surface area contributed by atoms with Crippen LogP contribution in [0.5, 0.6) is 0 Å². The van der Waals surface area contributed by atoms with Crippen molar-refractivity contribution in [2.75, 3.05) is 0 Å². The summed E-state index contributed by atoms with van der Waals surface area (Å²) < 4.78 is 1.97. The molecule has 16 heavy (non-hydrogen) atoms. The number of rotatable bonds is 3. The van der Waals surface area contributed by atoms with Gasteiger partial charge < -0.3 is 5.73 Å². The molecule has 0 saturated heterocycles. The van der Waals surface area contributed by atoms with Crippen LogP contribution in [0.4, 0.5) is 0 Å². The van der Waals surface area contributed by atoms with Gasteiger partial charge in [-0.05, 0) is 31.0 Å². The normalized spacial score (nSPS) is 10.7. The number of aryl methyl sites for hydroxylation is 2. The molecule has 0 aliphatic heterocycles. The topological polar surface area (TPSA) is 56.7 Å². The first kappa shape index (κ1) is 10.8. The van der Waals surface area contributed by atoms with Gasteiger partial charge in [0.05, 0.1) is 0 Å². The molecular weight excluding hydrogens is 200 g/mol. The Morgan fingerprint density at radius 1 is 1.38 bits per heavy atom. The van der Waals surface area contributed by atoms with Crippen LogP contribution in [0, 0.1) is 6.92 Å². The van der Waals surface area contributed by atoms with Crippen LogP contribution in [0.25, 0.3) is 5.82 Å². The van der Waals surface area contributed by atoms with Crippen LogP contribution < -0.4 is 5.73 Å². The smallest absolute Gasteiger partial charge is 0.138 e. The maximum absolute atomic E-state index is 5.68. The van der Waals surface area contributed by atoms with Gasteiger partial charge in [0.2, 0.25) is 0 Å². The van der Waals surface area contributed by atoms with Gasteiger partial charge in [0.25, 0.3) is 0 Å². The van der Waals surface area contributed by atoms with E-state index in [1.165, 1.54) is 0 Å². The number of aromatic nitrogens is 3. The Labute approximate surface area is 95.1 Å². The molecule has 2 aromatic rings. The molecule has 2 heterocycles. The van der Waals surface area contributed by atoms with Crippen molar-refractivity contribution in [3.63, 3.8) is 0 Å². The van der Waals surface area contributed by atoms with Crippen LogP contribution in [0.1, 0.15) is 24.0 Å². The molecule has 0 fully saturated rings. The summed E-state index contributed by atoms with van der Waals surface area (Å²) >= 11 is 0. The molecule has 0 radical (unpaired) electrons. The summed E-state index contributed by atoms with van der Waals surface area (Å²) in [5.74, 6) is 1.83. The van der Waals surface area contributed by atoms with Gasteiger partial charge in [-0.15, -0.1) is 0 Å². The molecule has 0 spiro atoms. The Morgan fingerprint density at radius 2 is 2.19 bits per heavy atom. The second kappa shape index (κ2) is 4.45. The van der Waals surface area contributed by atoms with Crippen molar-refractivity contribution >= 4 is 0 Å². The van der Waals surface area contributed by atoms with Crippen LogP contribution >= 0.6 is 0 Å². The largest absolute Gasteiger partial charge is 0.326 e. The molecule has 4 heteroatoms. The van der Waals surface area contributed by atoms with Crippen molar-refractivity contribution in [1.29, 1.82) is 0 Å². The second-order valence-corrected chi connectivity index (χ2v) is 3.73. The number of imidazole rings is 1. The highest BCUT2D eigenvalue weighted by Gasteiger charge is 2.05. The van der Waals surface area contributed by atoms with Gasteiger partial charge in [-0.25, -0.2) is 9.97 Å². The van der Waals surface area contributed by atoms with E-state index < -0.39 is 0 Å². The fourth-order valence-electron chi connectivity index (χ4n) is 1.68. The molecule has 0 unspecified atom stereocenters. The zero-order valence-electron chi connectivity index (χ0n) is 9.64. The fraction of sp³-hybridized carbons (Fsp3) is 0.333. The standard InChI is InChI=1S/C12H16N4/c1-3-11-6-10(8-13)7-12(15-11)16-5-4-14-9(16)2/h4-7H,3,8,13H2,1-2H3. The number of nitrogens with zero attached hydrogens (tertiary/aromatic N) is 3. The molecule has 0 amide bonds. The molecule has 4 nitrogen and oxygen atoms in total. The summed E-state index contributed by atoms with van der Waals surface area (Å²) in [7, 11) is 0. The van der Waals surface area contributed by atoms with Crippen molar-refractivity contribution < 1.29 is 0 Å². The van der Waals surface area contributed by atoms with Crippen molar-refractivity contribution in [3.8, 4) is 5.82 Å². The van der Waals surface area contributed by atoms with Crippen LogP contribution in [0.2, 0.25) is 0 Å². The molecule has 0 bridgehead atoms. The number of hydrogen-bond donors (Lipinski definition) is 1. The minimum absolute atomic E-state index is 0.538. The quantitative estimate of drug-likeness (QED) is 0.847. The lowest BCUT2D eigenvalue weighted by molar-refractivity contribution is 0.890. The molecule has 0 aliphatic rings. The SMILES string of the molecule is CCc1cc(CN)cc(-n2ccnc2C)n1. The number of hydrogen-bond acceptors (Lipinski definition) is 3. The van der Waals surface area contributed by atoms with E-state index in [2.05, 4.69) is 23.0 Å². The van der Waals surface area contributed by atoms with Crippen LogP contribution in [0.3, 0.4) is 0 Å². The van der Waals surface area contributed by atoms with Gasteiger partial charge in [0.15, 0.2) is 0 Å². The van der Waals surface area contributed by atoms with Crippen LogP contribution in [-0.4, -0.2) is 14.5 Å². The van der Waals surface area contributed by atoms with Gasteiger partial charge >= 0.3 is 0 Å². The Morgan fingerprint density at radius 3 is 2.75 bits per heavy atom. The van der Waals surface area contributed by atoms with Crippen molar-refractivity contribution in [3.05, 3.63) is 41.6 Å². The molecule has 0 aromatic carbocycles. The summed E-state index contributed by atoms with van der Waals surface area (Å²) in [5, 5.41) is 0. The van der Waals surface area contributed by atoms with Crippen LogP contribution in [0.15, 0.2) is 24.5 Å². The summed E-state index contributed by atoms with van der Waals surface area (Å²) in [6, 6.07) is 4.06. The van der Waals surface area contributed by atoms with Gasteiger partial charge in [-0.1, -0.05) is 6.92 Å². The first-order valence-corrected chi connectivity index (χ1v) is 5.44. The molecule has 2 rings (SSSR count). The van der Waals surface area contributed by atoms with Crippen molar-refractivity contribution in [2.45, 2.75) is 26.8 Å². The van der Waals surface area contributed by atoms with Gasteiger partial charge in [-0.3, -0.25) is 4.57 Å².